The number of likely N-dealkylation sites (N-methyl/N-ethyl adjacent to an activating group) is 1. The summed E-state index contributed by atoms with van der Waals surface area (Å²) >= 11 is 0. The summed E-state index contributed by atoms with van der Waals surface area (Å²) in [5.74, 6) is 0. The van der Waals surface area contributed by atoms with Crippen molar-refractivity contribution >= 4 is 0 Å². The van der Waals surface area contributed by atoms with Crippen LogP contribution in [-0.4, -0.2) is 59.9 Å². The van der Waals surface area contributed by atoms with Crippen LogP contribution in [0.1, 0.15) is 26.0 Å². The lowest BCUT2D eigenvalue weighted by Crippen LogP contribution is -2.43. The molecule has 0 radical (unpaired) electrons. The van der Waals surface area contributed by atoms with E-state index in [4.69, 9.17) is 4.74 Å². The Labute approximate surface area is 122 Å². The van der Waals surface area contributed by atoms with Gasteiger partial charge < -0.3 is 14.6 Å². The minimum absolute atomic E-state index is 0.295. The number of nitrogens with zero attached hydrogens (tertiary/aromatic N) is 3. The molecule has 0 aliphatic carbocycles. The fourth-order valence-electron chi connectivity index (χ4n) is 2.57. The molecule has 2 heterocycles. The fourth-order valence-corrected chi connectivity index (χ4v) is 2.57. The third kappa shape index (κ3) is 4.89. The Morgan fingerprint density at radius 1 is 1.40 bits per heavy atom. The summed E-state index contributed by atoms with van der Waals surface area (Å²) in [5, 5.41) is 3.41. The zero-order valence-electron chi connectivity index (χ0n) is 12.8. The third-order valence-electron chi connectivity index (χ3n) is 3.76. The van der Waals surface area contributed by atoms with Gasteiger partial charge in [-0.15, -0.1) is 0 Å². The molecule has 0 aromatic carbocycles. The summed E-state index contributed by atoms with van der Waals surface area (Å²) in [6.07, 6.45) is 6.57. The summed E-state index contributed by atoms with van der Waals surface area (Å²) in [6.45, 7) is 11.4. The SMILES string of the molecule is CCCNCCc1cn(CC2CN(CC)CCO2)cn1. The number of hydrogen-bond acceptors (Lipinski definition) is 4. The Morgan fingerprint density at radius 2 is 2.30 bits per heavy atom. The van der Waals surface area contributed by atoms with E-state index in [1.54, 1.807) is 0 Å². The number of morpholine rings is 1. The van der Waals surface area contributed by atoms with Crippen LogP contribution in [-0.2, 0) is 17.7 Å². The zero-order chi connectivity index (χ0) is 14.2. The number of rotatable bonds is 8. The number of aromatic nitrogens is 2. The van der Waals surface area contributed by atoms with Crippen molar-refractivity contribution in [1.29, 1.82) is 0 Å². The van der Waals surface area contributed by atoms with Gasteiger partial charge in [-0.2, -0.15) is 0 Å². The predicted octanol–water partition coefficient (Wildman–Crippen LogP) is 1.15. The molecule has 1 aliphatic rings. The molecule has 0 saturated carbocycles. The van der Waals surface area contributed by atoms with E-state index in [-0.39, 0.29) is 0 Å². The van der Waals surface area contributed by atoms with Gasteiger partial charge in [0.2, 0.25) is 0 Å². The van der Waals surface area contributed by atoms with E-state index in [0.717, 1.165) is 58.0 Å². The molecule has 5 heteroatoms. The minimum Gasteiger partial charge on any atom is -0.374 e. The van der Waals surface area contributed by atoms with Crippen LogP contribution in [0.2, 0.25) is 0 Å². The van der Waals surface area contributed by atoms with Crippen molar-refractivity contribution in [3.63, 3.8) is 0 Å². The Kier molecular flexibility index (Phi) is 6.50. The molecule has 0 spiro atoms. The second kappa shape index (κ2) is 8.39. The first-order valence-corrected chi connectivity index (χ1v) is 7.87. The van der Waals surface area contributed by atoms with Crippen LogP contribution < -0.4 is 5.32 Å². The van der Waals surface area contributed by atoms with E-state index in [1.807, 2.05) is 6.33 Å². The van der Waals surface area contributed by atoms with Crippen molar-refractivity contribution in [2.24, 2.45) is 0 Å². The standard InChI is InChI=1S/C15H28N4O/c1-3-6-16-7-5-14-10-19(13-17-14)12-15-11-18(4-2)8-9-20-15/h10,13,15-16H,3-9,11-12H2,1-2H3. The van der Waals surface area contributed by atoms with E-state index in [0.29, 0.717) is 6.10 Å². The lowest BCUT2D eigenvalue weighted by molar-refractivity contribution is -0.0343. The van der Waals surface area contributed by atoms with Crippen LogP contribution in [0.15, 0.2) is 12.5 Å². The Bertz CT molecular complexity index is 380. The number of hydrogen-bond donors (Lipinski definition) is 1. The highest BCUT2D eigenvalue weighted by Gasteiger charge is 2.19. The monoisotopic (exact) mass is 280 g/mol. The molecular formula is C15H28N4O. The molecule has 0 bridgehead atoms. The van der Waals surface area contributed by atoms with E-state index in [2.05, 4.69) is 39.8 Å². The van der Waals surface area contributed by atoms with Gasteiger partial charge in [0.1, 0.15) is 0 Å². The fraction of sp³-hybridized carbons (Fsp3) is 0.800. The van der Waals surface area contributed by atoms with Crippen molar-refractivity contribution in [3.05, 3.63) is 18.2 Å². The van der Waals surface area contributed by atoms with Crippen LogP contribution in [0.25, 0.3) is 0 Å². The van der Waals surface area contributed by atoms with Crippen LogP contribution in [0.4, 0.5) is 0 Å². The van der Waals surface area contributed by atoms with Crippen molar-refractivity contribution < 1.29 is 4.74 Å². The molecule has 1 aliphatic heterocycles. The molecule has 1 saturated heterocycles. The Hall–Kier alpha value is -0.910. The second-order valence-corrected chi connectivity index (χ2v) is 5.45. The summed E-state index contributed by atoms with van der Waals surface area (Å²) in [5.41, 5.74) is 1.16. The van der Waals surface area contributed by atoms with Crippen LogP contribution in [0.5, 0.6) is 0 Å². The maximum atomic E-state index is 5.83. The molecule has 5 nitrogen and oxygen atoms in total. The molecule has 1 N–H and O–H groups in total. The summed E-state index contributed by atoms with van der Waals surface area (Å²) < 4.78 is 8.00. The Balaban J connectivity index is 1.74. The van der Waals surface area contributed by atoms with Gasteiger partial charge in [0.25, 0.3) is 0 Å². The van der Waals surface area contributed by atoms with Crippen LogP contribution in [0.3, 0.4) is 0 Å². The van der Waals surface area contributed by atoms with Gasteiger partial charge in [0, 0.05) is 32.3 Å². The normalized spacial score (nSPS) is 20.4. The van der Waals surface area contributed by atoms with Crippen LogP contribution >= 0.6 is 0 Å². The lowest BCUT2D eigenvalue weighted by atomic mass is 10.2. The largest absolute Gasteiger partial charge is 0.374 e. The maximum Gasteiger partial charge on any atom is 0.0950 e. The molecule has 2 rings (SSSR count). The average molecular weight is 280 g/mol. The van der Waals surface area contributed by atoms with Gasteiger partial charge in [-0.25, -0.2) is 4.98 Å². The summed E-state index contributed by atoms with van der Waals surface area (Å²) in [7, 11) is 0. The van der Waals surface area contributed by atoms with Gasteiger partial charge in [0.05, 0.1) is 31.3 Å². The van der Waals surface area contributed by atoms with Crippen molar-refractivity contribution in [2.75, 3.05) is 39.3 Å². The van der Waals surface area contributed by atoms with Gasteiger partial charge >= 0.3 is 0 Å². The first-order valence-electron chi connectivity index (χ1n) is 7.87. The van der Waals surface area contributed by atoms with E-state index >= 15 is 0 Å². The van der Waals surface area contributed by atoms with Crippen molar-refractivity contribution in [1.82, 2.24) is 19.8 Å². The summed E-state index contributed by atoms with van der Waals surface area (Å²) in [6, 6.07) is 0. The molecule has 1 fully saturated rings. The van der Waals surface area contributed by atoms with E-state index in [1.165, 1.54) is 6.42 Å². The first-order chi connectivity index (χ1) is 9.81. The van der Waals surface area contributed by atoms with E-state index in [9.17, 15) is 0 Å². The predicted molar refractivity (Wildman–Crippen MR) is 80.9 cm³/mol. The summed E-state index contributed by atoms with van der Waals surface area (Å²) in [4.78, 5) is 6.92. The number of imidazole rings is 1. The quantitative estimate of drug-likeness (QED) is 0.725. The highest BCUT2D eigenvalue weighted by Crippen LogP contribution is 2.08. The molecule has 0 amide bonds. The topological polar surface area (TPSA) is 42.3 Å². The number of ether oxygens (including phenoxy) is 1. The molecule has 1 atom stereocenters. The number of nitrogens with one attached hydrogen (secondary N) is 1. The molecule has 20 heavy (non-hydrogen) atoms. The van der Waals surface area contributed by atoms with Crippen molar-refractivity contribution in [2.45, 2.75) is 39.3 Å². The molecule has 1 aromatic heterocycles. The first kappa shape index (κ1) is 15.5. The second-order valence-electron chi connectivity index (χ2n) is 5.45. The molecule has 114 valence electrons. The van der Waals surface area contributed by atoms with Crippen molar-refractivity contribution in [3.8, 4) is 0 Å². The van der Waals surface area contributed by atoms with Crippen LogP contribution in [0, 0.1) is 0 Å². The minimum atomic E-state index is 0.295. The van der Waals surface area contributed by atoms with Gasteiger partial charge in [-0.1, -0.05) is 13.8 Å². The highest BCUT2D eigenvalue weighted by molar-refractivity contribution is 4.97. The maximum absolute atomic E-state index is 5.83. The van der Waals surface area contributed by atoms with E-state index < -0.39 is 0 Å². The molecule has 1 unspecified atom stereocenters. The molecular weight excluding hydrogens is 252 g/mol. The Morgan fingerprint density at radius 3 is 3.10 bits per heavy atom. The lowest BCUT2D eigenvalue weighted by Gasteiger charge is -2.32. The third-order valence-corrected chi connectivity index (χ3v) is 3.76. The van der Waals surface area contributed by atoms with Gasteiger partial charge in [0.15, 0.2) is 0 Å². The smallest absolute Gasteiger partial charge is 0.0950 e. The van der Waals surface area contributed by atoms with Gasteiger partial charge in [-0.05, 0) is 19.5 Å². The zero-order valence-corrected chi connectivity index (χ0v) is 12.8. The average Bonchev–Trinajstić information content (AvgIpc) is 2.91. The highest BCUT2D eigenvalue weighted by atomic mass is 16.5. The molecule has 1 aromatic rings. The van der Waals surface area contributed by atoms with Gasteiger partial charge in [-0.3, -0.25) is 4.90 Å².